The van der Waals surface area contributed by atoms with Gasteiger partial charge in [0.1, 0.15) is 0 Å². The minimum absolute atomic E-state index is 0.500. The highest BCUT2D eigenvalue weighted by atomic mass is 15.3. The van der Waals surface area contributed by atoms with Gasteiger partial charge in [-0.1, -0.05) is 6.92 Å². The average molecular weight is 224 g/mol. The molecule has 0 spiro atoms. The Hall–Kier alpha value is -0.870. The molecule has 1 N–H and O–H groups in total. The van der Waals surface area contributed by atoms with Gasteiger partial charge in [-0.2, -0.15) is 5.10 Å². The minimum Gasteiger partial charge on any atom is -0.307 e. The summed E-state index contributed by atoms with van der Waals surface area (Å²) in [5.74, 6) is 0. The normalized spacial score (nSPS) is 13.4. The van der Waals surface area contributed by atoms with Crippen LogP contribution in [0.4, 0.5) is 0 Å². The van der Waals surface area contributed by atoms with Crippen LogP contribution in [-0.4, -0.2) is 40.9 Å². The molecule has 1 atom stereocenters. The van der Waals surface area contributed by atoms with Crippen molar-refractivity contribution in [3.63, 3.8) is 0 Å². The van der Waals surface area contributed by atoms with Crippen molar-refractivity contribution in [2.24, 2.45) is 7.05 Å². The highest BCUT2D eigenvalue weighted by molar-refractivity contribution is 5.08. The van der Waals surface area contributed by atoms with Crippen molar-refractivity contribution in [1.82, 2.24) is 20.0 Å². The second-order valence-electron chi connectivity index (χ2n) is 4.54. The Morgan fingerprint density at radius 2 is 2.25 bits per heavy atom. The maximum absolute atomic E-state index is 4.33. The molecule has 0 aliphatic heterocycles. The Morgan fingerprint density at radius 3 is 2.75 bits per heavy atom. The molecule has 1 aromatic rings. The molecule has 0 aromatic carbocycles. The zero-order valence-corrected chi connectivity index (χ0v) is 11.1. The summed E-state index contributed by atoms with van der Waals surface area (Å²) < 4.78 is 1.94. The first-order valence-corrected chi connectivity index (χ1v) is 5.94. The summed E-state index contributed by atoms with van der Waals surface area (Å²) in [6.45, 7) is 9.48. The monoisotopic (exact) mass is 224 g/mol. The summed E-state index contributed by atoms with van der Waals surface area (Å²) in [6.07, 6.45) is 0. The van der Waals surface area contributed by atoms with Gasteiger partial charge in [-0.05, 0) is 33.5 Å². The SMILES string of the molecule is CCN(C)CC(C)NCc1cc(C)nn1C. The lowest BCUT2D eigenvalue weighted by Gasteiger charge is -2.20. The molecular weight excluding hydrogens is 200 g/mol. The number of nitrogens with zero attached hydrogens (tertiary/aromatic N) is 3. The molecule has 0 saturated carbocycles. The van der Waals surface area contributed by atoms with Crippen molar-refractivity contribution in [2.75, 3.05) is 20.1 Å². The van der Waals surface area contributed by atoms with E-state index in [0.29, 0.717) is 6.04 Å². The largest absolute Gasteiger partial charge is 0.307 e. The van der Waals surface area contributed by atoms with E-state index in [4.69, 9.17) is 0 Å². The van der Waals surface area contributed by atoms with Crippen LogP contribution in [0.2, 0.25) is 0 Å². The van der Waals surface area contributed by atoms with E-state index in [9.17, 15) is 0 Å². The minimum atomic E-state index is 0.500. The number of aromatic nitrogens is 2. The van der Waals surface area contributed by atoms with E-state index in [2.05, 4.69) is 42.3 Å². The Kier molecular flexibility index (Phi) is 4.96. The molecule has 0 radical (unpaired) electrons. The lowest BCUT2D eigenvalue weighted by atomic mass is 10.3. The van der Waals surface area contributed by atoms with E-state index < -0.39 is 0 Å². The van der Waals surface area contributed by atoms with E-state index in [1.807, 2.05) is 18.7 Å². The van der Waals surface area contributed by atoms with Crippen LogP contribution in [0.25, 0.3) is 0 Å². The molecule has 0 bridgehead atoms. The average Bonchev–Trinajstić information content (AvgIpc) is 2.54. The van der Waals surface area contributed by atoms with Gasteiger partial charge in [-0.15, -0.1) is 0 Å². The second-order valence-corrected chi connectivity index (χ2v) is 4.54. The molecule has 0 saturated heterocycles. The summed E-state index contributed by atoms with van der Waals surface area (Å²) in [5.41, 5.74) is 2.32. The van der Waals surface area contributed by atoms with E-state index >= 15 is 0 Å². The molecule has 4 nitrogen and oxygen atoms in total. The topological polar surface area (TPSA) is 33.1 Å². The van der Waals surface area contributed by atoms with Crippen molar-refractivity contribution < 1.29 is 0 Å². The van der Waals surface area contributed by atoms with Gasteiger partial charge in [0.2, 0.25) is 0 Å². The predicted octanol–water partition coefficient (Wildman–Crippen LogP) is 1.16. The van der Waals surface area contributed by atoms with Crippen molar-refractivity contribution in [1.29, 1.82) is 0 Å². The number of nitrogens with one attached hydrogen (secondary N) is 1. The van der Waals surface area contributed by atoms with Gasteiger partial charge in [0.25, 0.3) is 0 Å². The van der Waals surface area contributed by atoms with E-state index in [-0.39, 0.29) is 0 Å². The number of likely N-dealkylation sites (N-methyl/N-ethyl adjacent to an activating group) is 1. The Balaban J connectivity index is 2.36. The fraction of sp³-hybridized carbons (Fsp3) is 0.750. The highest BCUT2D eigenvalue weighted by Crippen LogP contribution is 2.01. The highest BCUT2D eigenvalue weighted by Gasteiger charge is 2.06. The molecule has 0 amide bonds. The quantitative estimate of drug-likeness (QED) is 0.787. The van der Waals surface area contributed by atoms with Gasteiger partial charge in [0.05, 0.1) is 11.4 Å². The van der Waals surface area contributed by atoms with Crippen LogP contribution in [0.1, 0.15) is 25.2 Å². The Labute approximate surface area is 98.6 Å². The van der Waals surface area contributed by atoms with Gasteiger partial charge in [-0.25, -0.2) is 0 Å². The fourth-order valence-electron chi connectivity index (χ4n) is 1.77. The maximum atomic E-state index is 4.33. The first-order valence-electron chi connectivity index (χ1n) is 5.94. The number of hydrogen-bond donors (Lipinski definition) is 1. The lowest BCUT2D eigenvalue weighted by molar-refractivity contribution is 0.308. The van der Waals surface area contributed by atoms with E-state index in [1.54, 1.807) is 0 Å². The van der Waals surface area contributed by atoms with Gasteiger partial charge in [-0.3, -0.25) is 4.68 Å². The third kappa shape index (κ3) is 3.94. The van der Waals surface area contributed by atoms with Crippen LogP contribution in [0, 0.1) is 6.92 Å². The van der Waals surface area contributed by atoms with Crippen molar-refractivity contribution in [2.45, 2.75) is 33.4 Å². The van der Waals surface area contributed by atoms with Gasteiger partial charge in [0, 0.05) is 26.2 Å². The second kappa shape index (κ2) is 6.01. The zero-order chi connectivity index (χ0) is 12.1. The van der Waals surface area contributed by atoms with Gasteiger partial charge < -0.3 is 10.2 Å². The smallest absolute Gasteiger partial charge is 0.0597 e. The molecular formula is C12H24N4. The third-order valence-electron chi connectivity index (χ3n) is 2.86. The Bertz CT molecular complexity index is 319. The van der Waals surface area contributed by atoms with Crippen LogP contribution in [0.5, 0.6) is 0 Å². The number of hydrogen-bond acceptors (Lipinski definition) is 3. The maximum Gasteiger partial charge on any atom is 0.0597 e. The van der Waals surface area contributed by atoms with E-state index in [1.165, 1.54) is 5.69 Å². The summed E-state index contributed by atoms with van der Waals surface area (Å²) in [6, 6.07) is 2.63. The molecule has 16 heavy (non-hydrogen) atoms. The summed E-state index contributed by atoms with van der Waals surface area (Å²) >= 11 is 0. The van der Waals surface area contributed by atoms with Crippen LogP contribution < -0.4 is 5.32 Å². The molecule has 1 unspecified atom stereocenters. The fourth-order valence-corrected chi connectivity index (χ4v) is 1.77. The molecule has 1 heterocycles. The van der Waals surface area contributed by atoms with Crippen LogP contribution in [0.3, 0.4) is 0 Å². The first kappa shape index (κ1) is 13.2. The molecule has 4 heteroatoms. The lowest BCUT2D eigenvalue weighted by Crippen LogP contribution is -2.37. The van der Waals surface area contributed by atoms with E-state index in [0.717, 1.165) is 25.3 Å². The Morgan fingerprint density at radius 1 is 1.56 bits per heavy atom. The van der Waals surface area contributed by atoms with Gasteiger partial charge in [0.15, 0.2) is 0 Å². The van der Waals surface area contributed by atoms with Crippen LogP contribution in [0.15, 0.2) is 6.07 Å². The standard InChI is InChI=1S/C12H24N4/c1-6-15(4)9-11(3)13-8-12-7-10(2)14-16(12)5/h7,11,13H,6,8-9H2,1-5H3. The van der Waals surface area contributed by atoms with Gasteiger partial charge >= 0.3 is 0 Å². The first-order chi connectivity index (χ1) is 7.52. The van der Waals surface area contributed by atoms with Crippen molar-refractivity contribution >= 4 is 0 Å². The molecule has 1 rings (SSSR count). The molecule has 1 aromatic heterocycles. The number of aryl methyl sites for hydroxylation is 2. The predicted molar refractivity (Wildman–Crippen MR) is 67.4 cm³/mol. The zero-order valence-electron chi connectivity index (χ0n) is 11.1. The summed E-state index contributed by atoms with van der Waals surface area (Å²) in [5, 5.41) is 7.85. The molecule has 0 aliphatic carbocycles. The number of rotatable bonds is 6. The van der Waals surface area contributed by atoms with Crippen molar-refractivity contribution in [3.05, 3.63) is 17.5 Å². The molecule has 0 fully saturated rings. The molecule has 92 valence electrons. The van der Waals surface area contributed by atoms with Crippen LogP contribution >= 0.6 is 0 Å². The van der Waals surface area contributed by atoms with Crippen molar-refractivity contribution in [3.8, 4) is 0 Å². The third-order valence-corrected chi connectivity index (χ3v) is 2.86. The molecule has 0 aliphatic rings. The van der Waals surface area contributed by atoms with Crippen LogP contribution in [-0.2, 0) is 13.6 Å². The summed E-state index contributed by atoms with van der Waals surface area (Å²) in [7, 11) is 4.14. The summed E-state index contributed by atoms with van der Waals surface area (Å²) in [4.78, 5) is 2.31.